The molecule has 3 nitrogen and oxygen atoms in total. The zero-order valence-corrected chi connectivity index (χ0v) is 12.2. The maximum absolute atomic E-state index is 13.2. The zero-order valence-electron chi connectivity index (χ0n) is 10.5. The number of hydrogen-bond acceptors (Lipinski definition) is 3. The molecule has 1 aliphatic rings. The number of carbonyl (C=O) groups excluding carboxylic acids is 1. The van der Waals surface area contributed by atoms with Crippen LogP contribution in [0.4, 0.5) is 9.18 Å². The summed E-state index contributed by atoms with van der Waals surface area (Å²) in [6.45, 7) is 0.805. The number of thiophene rings is 1. The summed E-state index contributed by atoms with van der Waals surface area (Å²) in [5.74, 6) is 0.725. The first kappa shape index (κ1) is 13.5. The lowest BCUT2D eigenvalue weighted by atomic mass is 10.2. The van der Waals surface area contributed by atoms with Crippen molar-refractivity contribution < 1.29 is 13.9 Å². The van der Waals surface area contributed by atoms with Crippen LogP contribution in [-0.2, 0) is 6.54 Å². The fourth-order valence-electron chi connectivity index (χ4n) is 2.21. The van der Waals surface area contributed by atoms with Crippen molar-refractivity contribution in [1.82, 2.24) is 4.90 Å². The van der Waals surface area contributed by atoms with Crippen LogP contribution in [0.2, 0.25) is 0 Å². The molecule has 0 spiro atoms. The van der Waals surface area contributed by atoms with Crippen LogP contribution in [0.25, 0.3) is 0 Å². The van der Waals surface area contributed by atoms with Crippen molar-refractivity contribution in [2.24, 2.45) is 0 Å². The van der Waals surface area contributed by atoms with E-state index in [1.807, 2.05) is 24.3 Å². The van der Waals surface area contributed by atoms with Crippen molar-refractivity contribution in [3.8, 4) is 5.75 Å². The van der Waals surface area contributed by atoms with Crippen LogP contribution in [0.1, 0.15) is 16.5 Å². The highest BCUT2D eigenvalue weighted by Crippen LogP contribution is 2.33. The van der Waals surface area contributed by atoms with E-state index >= 15 is 0 Å². The second-order valence-electron chi connectivity index (χ2n) is 4.52. The predicted octanol–water partition coefficient (Wildman–Crippen LogP) is 3.87. The molecule has 0 saturated carbocycles. The molecule has 1 aromatic carbocycles. The number of carbonyl (C=O) groups is 1. The van der Waals surface area contributed by atoms with E-state index in [1.54, 1.807) is 11.0 Å². The number of para-hydroxylation sites is 1. The number of rotatable bonds is 1. The minimum atomic E-state index is -0.371. The number of fused-ring (bicyclic) bond motifs is 1. The summed E-state index contributed by atoms with van der Waals surface area (Å²) in [5.41, 5.74) is 0.925. The number of nitrogens with zero attached hydrogens (tertiary/aromatic N) is 1. The third kappa shape index (κ3) is 2.66. The average molecular weight is 309 g/mol. The Morgan fingerprint density at radius 1 is 1.35 bits per heavy atom. The van der Waals surface area contributed by atoms with E-state index in [9.17, 15) is 9.18 Å². The Labute approximate surface area is 125 Å². The Kier molecular flexibility index (Phi) is 3.67. The maximum atomic E-state index is 13.2. The fourth-order valence-corrected chi connectivity index (χ4v) is 3.11. The number of amides is 1. The molecule has 2 aromatic rings. The van der Waals surface area contributed by atoms with Crippen molar-refractivity contribution in [1.29, 1.82) is 0 Å². The smallest absolute Gasteiger partial charge is 0.279 e. The van der Waals surface area contributed by atoms with Gasteiger partial charge in [0.1, 0.15) is 5.75 Å². The van der Waals surface area contributed by atoms with Gasteiger partial charge in [-0.2, -0.15) is 4.39 Å². The highest BCUT2D eigenvalue weighted by atomic mass is 32.1. The van der Waals surface area contributed by atoms with Gasteiger partial charge < -0.3 is 9.64 Å². The summed E-state index contributed by atoms with van der Waals surface area (Å²) in [4.78, 5) is 14.0. The van der Waals surface area contributed by atoms with Crippen molar-refractivity contribution in [3.05, 3.63) is 52.0 Å². The van der Waals surface area contributed by atoms with Crippen molar-refractivity contribution >= 4 is 29.2 Å². The Balaban J connectivity index is 1.98. The zero-order chi connectivity index (χ0) is 14.1. The maximum Gasteiger partial charge on any atom is 0.279 e. The Hall–Kier alpha value is -1.53. The first-order valence-corrected chi connectivity index (χ1v) is 7.37. The van der Waals surface area contributed by atoms with Gasteiger partial charge in [0.2, 0.25) is 0 Å². The predicted molar refractivity (Wildman–Crippen MR) is 78.9 cm³/mol. The minimum absolute atomic E-state index is 0.259. The lowest BCUT2D eigenvalue weighted by molar-refractivity contribution is 0.165. The second-order valence-corrected chi connectivity index (χ2v) is 5.97. The van der Waals surface area contributed by atoms with Gasteiger partial charge in [0.15, 0.2) is 11.2 Å². The fraction of sp³-hybridized carbons (Fsp3) is 0.214. The van der Waals surface area contributed by atoms with Crippen LogP contribution in [0.3, 0.4) is 0 Å². The summed E-state index contributed by atoms with van der Waals surface area (Å²) in [6, 6.07) is 10.7. The van der Waals surface area contributed by atoms with E-state index in [4.69, 9.17) is 4.74 Å². The van der Waals surface area contributed by atoms with E-state index in [1.165, 1.54) is 6.07 Å². The molecule has 1 unspecified atom stereocenters. The monoisotopic (exact) mass is 309 g/mol. The van der Waals surface area contributed by atoms with Gasteiger partial charge in [-0.15, -0.1) is 11.3 Å². The first-order chi connectivity index (χ1) is 9.63. The van der Waals surface area contributed by atoms with Gasteiger partial charge in [0, 0.05) is 10.4 Å². The number of ether oxygens (including phenoxy) is 1. The van der Waals surface area contributed by atoms with Crippen molar-refractivity contribution in [3.63, 3.8) is 0 Å². The summed E-state index contributed by atoms with van der Waals surface area (Å²) in [6.07, 6.45) is -0.371. The van der Waals surface area contributed by atoms with Crippen LogP contribution in [0.5, 0.6) is 5.75 Å². The van der Waals surface area contributed by atoms with Gasteiger partial charge in [-0.25, -0.2) is 0 Å². The van der Waals surface area contributed by atoms with Gasteiger partial charge in [0.25, 0.3) is 5.24 Å². The van der Waals surface area contributed by atoms with Crippen molar-refractivity contribution in [2.45, 2.75) is 12.6 Å². The summed E-state index contributed by atoms with van der Waals surface area (Å²) in [5, 5.41) is -0.572. The molecule has 20 heavy (non-hydrogen) atoms. The highest BCUT2D eigenvalue weighted by Gasteiger charge is 2.26. The Morgan fingerprint density at radius 3 is 2.85 bits per heavy atom. The third-order valence-corrected chi connectivity index (χ3v) is 4.42. The molecule has 0 saturated heterocycles. The Bertz CT molecular complexity index is 644. The second kappa shape index (κ2) is 5.46. The molecule has 1 aromatic heterocycles. The normalized spacial score (nSPS) is 18.1. The van der Waals surface area contributed by atoms with E-state index in [0.29, 0.717) is 13.1 Å². The molecule has 0 fully saturated rings. The van der Waals surface area contributed by atoms with Crippen LogP contribution in [0, 0.1) is 5.13 Å². The minimum Gasteiger partial charge on any atom is -0.483 e. The molecule has 104 valence electrons. The number of thiol groups is 1. The van der Waals surface area contributed by atoms with Gasteiger partial charge >= 0.3 is 0 Å². The summed E-state index contributed by atoms with van der Waals surface area (Å²) in [7, 11) is 0. The van der Waals surface area contributed by atoms with Gasteiger partial charge in [-0.1, -0.05) is 30.8 Å². The molecule has 6 heteroatoms. The standard InChI is InChI=1S/C14H12FNO2S2/c15-13-6-5-12(20-13)11-8-16(14(17)19)7-9-3-1-2-4-10(9)18-11/h1-6,11H,7-8H2,(H,17,19). The van der Waals surface area contributed by atoms with Crippen LogP contribution >= 0.6 is 24.0 Å². The largest absolute Gasteiger partial charge is 0.483 e. The van der Waals surface area contributed by atoms with E-state index in [0.717, 1.165) is 27.5 Å². The highest BCUT2D eigenvalue weighted by molar-refractivity contribution is 7.96. The number of halogens is 1. The molecule has 1 atom stereocenters. The van der Waals surface area contributed by atoms with E-state index in [2.05, 4.69) is 12.6 Å². The van der Waals surface area contributed by atoms with E-state index < -0.39 is 0 Å². The quantitative estimate of drug-likeness (QED) is 0.810. The molecule has 2 heterocycles. The summed E-state index contributed by atoms with van der Waals surface area (Å²) >= 11 is 4.94. The molecule has 0 radical (unpaired) electrons. The Morgan fingerprint density at radius 2 is 2.15 bits per heavy atom. The number of hydrogen-bond donors (Lipinski definition) is 1. The molecule has 0 aliphatic carbocycles. The molecule has 0 bridgehead atoms. The lowest BCUT2D eigenvalue weighted by Gasteiger charge is -2.21. The van der Waals surface area contributed by atoms with Gasteiger partial charge in [0.05, 0.1) is 13.1 Å². The van der Waals surface area contributed by atoms with E-state index in [-0.39, 0.29) is 16.5 Å². The SMILES string of the molecule is O=C(S)N1Cc2ccccc2OC(c2ccc(F)s2)C1. The first-order valence-electron chi connectivity index (χ1n) is 6.11. The van der Waals surface area contributed by atoms with Crippen molar-refractivity contribution in [2.75, 3.05) is 6.54 Å². The molecule has 1 aliphatic heterocycles. The molecular formula is C14H12FNO2S2. The van der Waals surface area contributed by atoms with Gasteiger partial charge in [-0.3, -0.25) is 4.79 Å². The average Bonchev–Trinajstić information content (AvgIpc) is 2.75. The topological polar surface area (TPSA) is 29.5 Å². The molecule has 0 N–H and O–H groups in total. The van der Waals surface area contributed by atoms with Gasteiger partial charge in [-0.05, 0) is 18.2 Å². The molecular weight excluding hydrogens is 297 g/mol. The summed E-state index contributed by atoms with van der Waals surface area (Å²) < 4.78 is 19.2. The lowest BCUT2D eigenvalue weighted by Crippen LogP contribution is -2.29. The van der Waals surface area contributed by atoms with Crippen LogP contribution in [-0.4, -0.2) is 16.7 Å². The van der Waals surface area contributed by atoms with Crippen LogP contribution < -0.4 is 4.74 Å². The van der Waals surface area contributed by atoms with Crippen LogP contribution in [0.15, 0.2) is 36.4 Å². The third-order valence-electron chi connectivity index (χ3n) is 3.17. The molecule has 3 rings (SSSR count). The molecule has 1 amide bonds. The number of benzene rings is 1.